The summed E-state index contributed by atoms with van der Waals surface area (Å²) in [5.74, 6) is -1.55. The number of hydrogen-bond donors (Lipinski definition) is 2. The number of carboxylic acids is 1. The molecule has 2 aliphatic rings. The van der Waals surface area contributed by atoms with Gasteiger partial charge in [-0.05, 0) is 0 Å². The SMILES string of the molecule is NC1C(=O)N2C(C(=O)O)=C(C[n+]3ccccc3)COC12. The molecule has 104 valence electrons. The molecular formula is C13H14N3O4+. The summed E-state index contributed by atoms with van der Waals surface area (Å²) < 4.78 is 7.30. The van der Waals surface area contributed by atoms with Gasteiger partial charge in [0.1, 0.15) is 11.7 Å². The molecule has 2 unspecified atom stereocenters. The number of hydrogen-bond acceptors (Lipinski definition) is 4. The molecule has 7 heteroatoms. The van der Waals surface area contributed by atoms with E-state index < -0.39 is 24.1 Å². The van der Waals surface area contributed by atoms with Gasteiger partial charge in [0, 0.05) is 12.1 Å². The quantitative estimate of drug-likeness (QED) is 0.536. The van der Waals surface area contributed by atoms with E-state index in [2.05, 4.69) is 0 Å². The number of β-lactam (4-membered cyclic amide) rings is 1. The van der Waals surface area contributed by atoms with E-state index in [-0.39, 0.29) is 12.3 Å². The summed E-state index contributed by atoms with van der Waals surface area (Å²) in [6, 6.07) is 4.79. The summed E-state index contributed by atoms with van der Waals surface area (Å²) in [6.45, 7) is 0.514. The summed E-state index contributed by atoms with van der Waals surface area (Å²) >= 11 is 0. The topological polar surface area (TPSA) is 96.7 Å². The number of carbonyl (C=O) groups excluding carboxylic acids is 1. The number of nitrogens with two attached hydrogens (primary N) is 1. The number of aromatic nitrogens is 1. The van der Waals surface area contributed by atoms with E-state index in [0.717, 1.165) is 4.90 Å². The monoisotopic (exact) mass is 276 g/mol. The fourth-order valence-corrected chi connectivity index (χ4v) is 2.46. The summed E-state index contributed by atoms with van der Waals surface area (Å²) in [5, 5.41) is 9.36. The minimum Gasteiger partial charge on any atom is -0.477 e. The van der Waals surface area contributed by atoms with Crippen molar-refractivity contribution in [3.8, 4) is 0 Å². The molecule has 2 atom stereocenters. The van der Waals surface area contributed by atoms with Crippen LogP contribution in [0.5, 0.6) is 0 Å². The van der Waals surface area contributed by atoms with Crippen LogP contribution in [0, 0.1) is 0 Å². The van der Waals surface area contributed by atoms with Crippen molar-refractivity contribution in [3.63, 3.8) is 0 Å². The zero-order chi connectivity index (χ0) is 14.3. The van der Waals surface area contributed by atoms with Gasteiger partial charge in [-0.25, -0.2) is 9.36 Å². The van der Waals surface area contributed by atoms with E-state index in [1.807, 2.05) is 35.2 Å². The van der Waals surface area contributed by atoms with Crippen LogP contribution in [0.15, 0.2) is 41.9 Å². The lowest BCUT2D eigenvalue weighted by atomic mass is 9.99. The molecule has 1 amide bonds. The Morgan fingerprint density at radius 3 is 2.80 bits per heavy atom. The first kappa shape index (κ1) is 12.8. The van der Waals surface area contributed by atoms with Crippen molar-refractivity contribution in [2.75, 3.05) is 6.61 Å². The van der Waals surface area contributed by atoms with Gasteiger partial charge in [0.25, 0.3) is 5.91 Å². The maximum absolute atomic E-state index is 11.7. The fourth-order valence-electron chi connectivity index (χ4n) is 2.46. The second kappa shape index (κ2) is 4.69. The van der Waals surface area contributed by atoms with Crippen molar-refractivity contribution in [1.82, 2.24) is 4.90 Å². The molecule has 0 radical (unpaired) electrons. The molecule has 3 rings (SSSR count). The molecule has 0 spiro atoms. The molecule has 1 aromatic rings. The van der Waals surface area contributed by atoms with Crippen LogP contribution in [0.25, 0.3) is 0 Å². The fraction of sp³-hybridized carbons (Fsp3) is 0.308. The van der Waals surface area contributed by atoms with E-state index in [0.29, 0.717) is 12.1 Å². The first-order valence-corrected chi connectivity index (χ1v) is 6.19. The number of pyridine rings is 1. The minimum atomic E-state index is -1.13. The molecule has 1 aromatic heterocycles. The van der Waals surface area contributed by atoms with Crippen LogP contribution in [-0.2, 0) is 20.9 Å². The molecule has 20 heavy (non-hydrogen) atoms. The molecule has 1 fully saturated rings. The molecule has 0 aliphatic carbocycles. The predicted molar refractivity (Wildman–Crippen MR) is 65.9 cm³/mol. The zero-order valence-corrected chi connectivity index (χ0v) is 10.6. The number of amides is 1. The van der Waals surface area contributed by atoms with Crippen molar-refractivity contribution >= 4 is 11.9 Å². The molecule has 3 N–H and O–H groups in total. The van der Waals surface area contributed by atoms with Gasteiger partial charge in [0.05, 0.1) is 12.2 Å². The number of carboxylic acid groups (broad SMARTS) is 1. The lowest BCUT2D eigenvalue weighted by Gasteiger charge is -2.47. The van der Waals surface area contributed by atoms with E-state index in [1.165, 1.54) is 0 Å². The van der Waals surface area contributed by atoms with Crippen LogP contribution in [0.1, 0.15) is 0 Å². The Morgan fingerprint density at radius 2 is 2.15 bits per heavy atom. The third-order valence-electron chi connectivity index (χ3n) is 3.44. The van der Waals surface area contributed by atoms with Crippen LogP contribution in [0.2, 0.25) is 0 Å². The molecule has 7 nitrogen and oxygen atoms in total. The third kappa shape index (κ3) is 1.87. The van der Waals surface area contributed by atoms with Crippen molar-refractivity contribution in [2.24, 2.45) is 5.73 Å². The van der Waals surface area contributed by atoms with Gasteiger partial charge < -0.3 is 15.6 Å². The van der Waals surface area contributed by atoms with Crippen molar-refractivity contribution < 1.29 is 24.0 Å². The largest absolute Gasteiger partial charge is 0.477 e. The highest BCUT2D eigenvalue weighted by molar-refractivity contribution is 5.99. The second-order valence-corrected chi connectivity index (χ2v) is 4.74. The number of carbonyl (C=O) groups is 2. The zero-order valence-electron chi connectivity index (χ0n) is 10.6. The molecule has 3 heterocycles. The van der Waals surface area contributed by atoms with Gasteiger partial charge in [0.2, 0.25) is 0 Å². The van der Waals surface area contributed by atoms with Gasteiger partial charge in [-0.1, -0.05) is 6.07 Å². The molecule has 0 aromatic carbocycles. The maximum Gasteiger partial charge on any atom is 0.352 e. The summed E-state index contributed by atoms with van der Waals surface area (Å²) in [5.41, 5.74) is 6.14. The lowest BCUT2D eigenvalue weighted by molar-refractivity contribution is -0.689. The Labute approximate surface area is 114 Å². The summed E-state index contributed by atoms with van der Waals surface area (Å²) in [4.78, 5) is 24.3. The van der Waals surface area contributed by atoms with Crippen LogP contribution in [0.4, 0.5) is 0 Å². The summed E-state index contributed by atoms with van der Waals surface area (Å²) in [7, 11) is 0. The summed E-state index contributed by atoms with van der Waals surface area (Å²) in [6.07, 6.45) is 2.99. The van der Waals surface area contributed by atoms with Gasteiger partial charge in [-0.15, -0.1) is 0 Å². The molecule has 2 aliphatic heterocycles. The minimum absolute atomic E-state index is 0.00990. The average Bonchev–Trinajstić information content (AvgIpc) is 2.46. The highest BCUT2D eigenvalue weighted by atomic mass is 16.5. The van der Waals surface area contributed by atoms with Crippen molar-refractivity contribution in [2.45, 2.75) is 18.8 Å². The van der Waals surface area contributed by atoms with Crippen LogP contribution >= 0.6 is 0 Å². The van der Waals surface area contributed by atoms with Gasteiger partial charge >= 0.3 is 5.97 Å². The normalized spacial score (nSPS) is 25.2. The molecule has 0 saturated carbocycles. The Hall–Kier alpha value is -2.25. The second-order valence-electron chi connectivity index (χ2n) is 4.74. The number of ether oxygens (including phenoxy) is 1. The molecular weight excluding hydrogens is 262 g/mol. The number of aliphatic carboxylic acids is 1. The van der Waals surface area contributed by atoms with Gasteiger partial charge in [-0.3, -0.25) is 9.69 Å². The van der Waals surface area contributed by atoms with Crippen LogP contribution in [-0.4, -0.2) is 40.8 Å². The Balaban J connectivity index is 1.94. The lowest BCUT2D eigenvalue weighted by Crippen LogP contribution is -2.71. The number of fused-ring (bicyclic) bond motifs is 1. The first-order valence-electron chi connectivity index (χ1n) is 6.19. The van der Waals surface area contributed by atoms with Crippen molar-refractivity contribution in [3.05, 3.63) is 41.9 Å². The average molecular weight is 276 g/mol. The van der Waals surface area contributed by atoms with E-state index in [1.54, 1.807) is 0 Å². The van der Waals surface area contributed by atoms with E-state index in [9.17, 15) is 14.7 Å². The Kier molecular flexibility index (Phi) is 3.00. The predicted octanol–water partition coefficient (Wildman–Crippen LogP) is -1.16. The number of nitrogens with zero attached hydrogens (tertiary/aromatic N) is 2. The maximum atomic E-state index is 11.7. The Morgan fingerprint density at radius 1 is 1.45 bits per heavy atom. The van der Waals surface area contributed by atoms with Crippen LogP contribution in [0.3, 0.4) is 0 Å². The van der Waals surface area contributed by atoms with E-state index >= 15 is 0 Å². The van der Waals surface area contributed by atoms with Crippen LogP contribution < -0.4 is 10.3 Å². The first-order chi connectivity index (χ1) is 9.59. The van der Waals surface area contributed by atoms with Gasteiger partial charge in [-0.2, -0.15) is 0 Å². The highest BCUT2D eigenvalue weighted by Crippen LogP contribution is 2.31. The Bertz CT molecular complexity index is 599. The highest BCUT2D eigenvalue weighted by Gasteiger charge is 2.52. The third-order valence-corrected chi connectivity index (χ3v) is 3.44. The standard InChI is InChI=1S/C13H13N3O4/c14-9-11(17)16-10(13(18)19)8(7-20-12(9)16)6-15-4-2-1-3-5-15/h1-5,9,12H,6-7,14H2/p+1. The van der Waals surface area contributed by atoms with Crippen molar-refractivity contribution in [1.29, 1.82) is 0 Å². The smallest absolute Gasteiger partial charge is 0.352 e. The molecule has 1 saturated heterocycles. The van der Waals surface area contributed by atoms with Gasteiger partial charge in [0.15, 0.2) is 25.2 Å². The molecule has 0 bridgehead atoms. The van der Waals surface area contributed by atoms with E-state index in [4.69, 9.17) is 10.5 Å². The number of rotatable bonds is 3.